The Kier molecular flexibility index (Phi) is 7.75. The number of halogens is 2. The van der Waals surface area contributed by atoms with Crippen molar-refractivity contribution in [2.75, 3.05) is 32.7 Å². The maximum atomic E-state index is 12.4. The van der Waals surface area contributed by atoms with Gasteiger partial charge in [0.15, 0.2) is 0 Å². The molecule has 0 bridgehead atoms. The topological polar surface area (TPSA) is 61.5 Å². The summed E-state index contributed by atoms with van der Waals surface area (Å²) in [5.41, 5.74) is 2.08. The molecule has 0 saturated carbocycles. The molecule has 168 valence electrons. The Morgan fingerprint density at radius 1 is 1.06 bits per heavy atom. The molecule has 4 rings (SSSR count). The van der Waals surface area contributed by atoms with Gasteiger partial charge in [-0.2, -0.15) is 0 Å². The molecule has 2 aliphatic heterocycles. The van der Waals surface area contributed by atoms with E-state index in [4.69, 9.17) is 27.9 Å². The van der Waals surface area contributed by atoms with Crippen LogP contribution < -0.4 is 0 Å². The summed E-state index contributed by atoms with van der Waals surface area (Å²) in [6.07, 6.45) is 9.17. The molecule has 0 radical (unpaired) electrons. The van der Waals surface area contributed by atoms with E-state index in [-0.39, 0.29) is 12.7 Å². The van der Waals surface area contributed by atoms with E-state index in [2.05, 4.69) is 14.9 Å². The van der Waals surface area contributed by atoms with Crippen molar-refractivity contribution in [3.63, 3.8) is 0 Å². The number of aromatic nitrogens is 2. The number of carbonyl (C=O) groups excluding carboxylic acids is 1. The molecule has 2 aromatic rings. The average molecular weight is 465 g/mol. The lowest BCUT2D eigenvalue weighted by Gasteiger charge is -2.35. The summed E-state index contributed by atoms with van der Waals surface area (Å²) in [5.74, 6) is 1.30. The zero-order valence-corrected chi connectivity index (χ0v) is 19.2. The SMILES string of the molecule is O=C(OCc1cc(Cl)cc(Cl)c1)N1CCC(CCN2CCC(c3cnc[nH]3)CC2)CC1. The zero-order valence-electron chi connectivity index (χ0n) is 17.7. The van der Waals surface area contributed by atoms with Crippen molar-refractivity contribution in [2.45, 2.75) is 44.6 Å². The van der Waals surface area contributed by atoms with Gasteiger partial charge in [0.1, 0.15) is 6.61 Å². The Labute approximate surface area is 193 Å². The summed E-state index contributed by atoms with van der Waals surface area (Å²) in [6, 6.07) is 5.20. The number of likely N-dealkylation sites (tertiary alicyclic amines) is 2. The average Bonchev–Trinajstić information content (AvgIpc) is 3.31. The van der Waals surface area contributed by atoms with E-state index in [0.717, 1.165) is 51.1 Å². The number of benzene rings is 1. The number of nitrogens with one attached hydrogen (secondary N) is 1. The van der Waals surface area contributed by atoms with Crippen molar-refractivity contribution in [3.05, 3.63) is 52.0 Å². The molecule has 2 fully saturated rings. The molecule has 0 aliphatic carbocycles. The highest BCUT2D eigenvalue weighted by atomic mass is 35.5. The number of carbonyl (C=O) groups is 1. The van der Waals surface area contributed by atoms with Crippen molar-refractivity contribution in [1.82, 2.24) is 19.8 Å². The predicted molar refractivity (Wildman–Crippen MR) is 123 cm³/mol. The molecule has 2 aliphatic rings. The van der Waals surface area contributed by atoms with Crippen LogP contribution in [-0.4, -0.2) is 58.6 Å². The van der Waals surface area contributed by atoms with E-state index < -0.39 is 0 Å². The van der Waals surface area contributed by atoms with Gasteiger partial charge in [0.05, 0.1) is 6.33 Å². The van der Waals surface area contributed by atoms with E-state index in [1.54, 1.807) is 24.5 Å². The minimum absolute atomic E-state index is 0.188. The maximum absolute atomic E-state index is 12.4. The van der Waals surface area contributed by atoms with Gasteiger partial charge in [0.25, 0.3) is 0 Å². The predicted octanol–water partition coefficient (Wildman–Crippen LogP) is 5.33. The number of hydrogen-bond acceptors (Lipinski definition) is 4. The van der Waals surface area contributed by atoms with Gasteiger partial charge in [0.2, 0.25) is 0 Å². The van der Waals surface area contributed by atoms with Gasteiger partial charge in [0, 0.05) is 40.9 Å². The van der Waals surface area contributed by atoms with Gasteiger partial charge >= 0.3 is 6.09 Å². The van der Waals surface area contributed by atoms with Crippen molar-refractivity contribution in [3.8, 4) is 0 Å². The molecule has 1 N–H and O–H groups in total. The van der Waals surface area contributed by atoms with Crippen LogP contribution in [0.25, 0.3) is 0 Å². The van der Waals surface area contributed by atoms with Crippen LogP contribution >= 0.6 is 23.2 Å². The maximum Gasteiger partial charge on any atom is 0.410 e. The van der Waals surface area contributed by atoms with Gasteiger partial charge in [-0.3, -0.25) is 0 Å². The smallest absolute Gasteiger partial charge is 0.410 e. The molecule has 0 spiro atoms. The van der Waals surface area contributed by atoms with Gasteiger partial charge in [-0.05, 0) is 81.4 Å². The van der Waals surface area contributed by atoms with Crippen LogP contribution in [0, 0.1) is 5.92 Å². The summed E-state index contributed by atoms with van der Waals surface area (Å²) in [5, 5.41) is 1.09. The van der Waals surface area contributed by atoms with Crippen LogP contribution in [0.1, 0.15) is 49.3 Å². The minimum atomic E-state index is -0.254. The number of rotatable bonds is 6. The number of imidazole rings is 1. The summed E-state index contributed by atoms with van der Waals surface area (Å²) in [7, 11) is 0. The third-order valence-corrected chi connectivity index (χ3v) is 6.99. The first-order valence-corrected chi connectivity index (χ1v) is 11.9. The molecule has 2 saturated heterocycles. The van der Waals surface area contributed by atoms with Gasteiger partial charge in [-0.15, -0.1) is 0 Å². The molecule has 1 aromatic heterocycles. The molecule has 1 aromatic carbocycles. The summed E-state index contributed by atoms with van der Waals surface area (Å²) >= 11 is 12.0. The second kappa shape index (κ2) is 10.7. The molecule has 3 heterocycles. The van der Waals surface area contributed by atoms with E-state index in [0.29, 0.717) is 21.9 Å². The quantitative estimate of drug-likeness (QED) is 0.626. The lowest BCUT2D eigenvalue weighted by Crippen LogP contribution is -2.40. The van der Waals surface area contributed by atoms with Crippen molar-refractivity contribution >= 4 is 29.3 Å². The summed E-state index contributed by atoms with van der Waals surface area (Å²) in [6.45, 7) is 5.18. The molecule has 6 nitrogen and oxygen atoms in total. The molecular weight excluding hydrogens is 435 g/mol. The van der Waals surface area contributed by atoms with Gasteiger partial charge < -0.3 is 19.5 Å². The molecule has 8 heteroatoms. The number of ether oxygens (including phenoxy) is 1. The highest BCUT2D eigenvalue weighted by molar-refractivity contribution is 6.34. The first-order chi connectivity index (χ1) is 15.1. The van der Waals surface area contributed by atoms with Crippen LogP contribution in [0.4, 0.5) is 4.79 Å². The number of H-pyrrole nitrogens is 1. The number of nitrogens with zero attached hydrogens (tertiary/aromatic N) is 3. The van der Waals surface area contributed by atoms with E-state index in [1.165, 1.54) is 25.0 Å². The van der Waals surface area contributed by atoms with Crippen LogP contribution in [0.5, 0.6) is 0 Å². The number of amides is 1. The Hall–Kier alpha value is -1.76. The lowest BCUT2D eigenvalue weighted by molar-refractivity contribution is 0.0796. The van der Waals surface area contributed by atoms with Crippen molar-refractivity contribution in [1.29, 1.82) is 0 Å². The Balaban J connectivity index is 1.13. The molecule has 0 atom stereocenters. The highest BCUT2D eigenvalue weighted by Crippen LogP contribution is 2.28. The first-order valence-electron chi connectivity index (χ1n) is 11.1. The van der Waals surface area contributed by atoms with E-state index in [9.17, 15) is 4.79 Å². The fourth-order valence-corrected chi connectivity index (χ4v) is 5.23. The lowest BCUT2D eigenvalue weighted by atomic mass is 9.91. The summed E-state index contributed by atoms with van der Waals surface area (Å²) < 4.78 is 5.46. The van der Waals surface area contributed by atoms with E-state index >= 15 is 0 Å². The fraction of sp³-hybridized carbons (Fsp3) is 0.565. The fourth-order valence-electron chi connectivity index (χ4n) is 4.66. The van der Waals surface area contributed by atoms with Crippen LogP contribution in [0.15, 0.2) is 30.7 Å². The highest BCUT2D eigenvalue weighted by Gasteiger charge is 2.26. The van der Waals surface area contributed by atoms with Crippen molar-refractivity contribution in [2.24, 2.45) is 5.92 Å². The summed E-state index contributed by atoms with van der Waals surface area (Å²) in [4.78, 5) is 24.2. The van der Waals surface area contributed by atoms with Crippen LogP contribution in [0.3, 0.4) is 0 Å². The van der Waals surface area contributed by atoms with Crippen LogP contribution in [0.2, 0.25) is 10.0 Å². The van der Waals surface area contributed by atoms with E-state index in [1.807, 2.05) is 11.1 Å². The zero-order chi connectivity index (χ0) is 21.6. The first kappa shape index (κ1) is 22.4. The second-order valence-electron chi connectivity index (χ2n) is 8.67. The molecule has 0 unspecified atom stereocenters. The van der Waals surface area contributed by atoms with Gasteiger partial charge in [-0.1, -0.05) is 23.2 Å². The van der Waals surface area contributed by atoms with Crippen molar-refractivity contribution < 1.29 is 9.53 Å². The Morgan fingerprint density at radius 2 is 1.77 bits per heavy atom. The minimum Gasteiger partial charge on any atom is -0.445 e. The third kappa shape index (κ3) is 6.37. The number of aromatic amines is 1. The Morgan fingerprint density at radius 3 is 2.42 bits per heavy atom. The standard InChI is InChI=1S/C23H30Cl2N4O2/c24-20-11-18(12-21(25)13-20)15-31-23(30)29-9-2-17(3-10-29)1-6-28-7-4-19(5-8-28)22-14-26-16-27-22/h11-14,16-17,19H,1-10,15H2,(H,26,27). The molecule has 31 heavy (non-hydrogen) atoms. The molecule has 1 amide bonds. The largest absolute Gasteiger partial charge is 0.445 e. The Bertz CT molecular complexity index is 825. The monoisotopic (exact) mass is 464 g/mol. The normalized spacial score (nSPS) is 19.0. The van der Waals surface area contributed by atoms with Crippen LogP contribution in [-0.2, 0) is 11.3 Å². The molecular formula is C23H30Cl2N4O2. The second-order valence-corrected chi connectivity index (χ2v) is 9.55. The third-order valence-electron chi connectivity index (χ3n) is 6.56. The van der Waals surface area contributed by atoms with Gasteiger partial charge in [-0.25, -0.2) is 9.78 Å². The number of hydrogen-bond donors (Lipinski definition) is 1. The number of piperidine rings is 2.